The van der Waals surface area contributed by atoms with Gasteiger partial charge in [-0.05, 0) is 49.2 Å². The van der Waals surface area contributed by atoms with E-state index in [4.69, 9.17) is 9.15 Å². The van der Waals surface area contributed by atoms with E-state index in [9.17, 15) is 4.79 Å². The van der Waals surface area contributed by atoms with Crippen LogP contribution in [0.15, 0.2) is 71.3 Å². The number of furan rings is 1. The van der Waals surface area contributed by atoms with Crippen LogP contribution in [0.1, 0.15) is 35.3 Å². The minimum atomic E-state index is -0.294. The number of nitrogens with zero attached hydrogens (tertiary/aromatic N) is 2. The molecule has 0 N–H and O–H groups in total. The Labute approximate surface area is 184 Å². The highest BCUT2D eigenvalue weighted by molar-refractivity contribution is 5.89. The molecule has 5 nitrogen and oxygen atoms in total. The van der Waals surface area contributed by atoms with Crippen molar-refractivity contribution in [2.45, 2.75) is 39.0 Å². The predicted octanol–water partition coefficient (Wildman–Crippen LogP) is 4.83. The van der Waals surface area contributed by atoms with E-state index in [1.165, 1.54) is 23.8 Å². The summed E-state index contributed by atoms with van der Waals surface area (Å²) in [6.07, 6.45) is 1.73. The number of methoxy groups -OCH3 is 1. The van der Waals surface area contributed by atoms with Gasteiger partial charge >= 0.3 is 5.97 Å². The zero-order valence-corrected chi connectivity index (χ0v) is 18.5. The van der Waals surface area contributed by atoms with Crippen molar-refractivity contribution in [1.82, 2.24) is 9.80 Å². The molecule has 2 aromatic carbocycles. The van der Waals surface area contributed by atoms with Gasteiger partial charge in [-0.1, -0.05) is 36.4 Å². The molecular weight excluding hydrogens is 388 g/mol. The molecule has 31 heavy (non-hydrogen) atoms. The summed E-state index contributed by atoms with van der Waals surface area (Å²) in [5.41, 5.74) is 4.26. The topological polar surface area (TPSA) is 45.9 Å². The first-order valence-corrected chi connectivity index (χ1v) is 10.8. The molecular formula is C26H30N2O3. The Balaban J connectivity index is 1.42. The zero-order chi connectivity index (χ0) is 21.8. The van der Waals surface area contributed by atoms with Crippen molar-refractivity contribution in [3.63, 3.8) is 0 Å². The number of hydrogen-bond donors (Lipinski definition) is 0. The lowest BCUT2D eigenvalue weighted by molar-refractivity contribution is 0.0291. The van der Waals surface area contributed by atoms with Crippen LogP contribution in [-0.2, 0) is 17.8 Å². The normalized spacial score (nSPS) is 20.0. The van der Waals surface area contributed by atoms with Gasteiger partial charge in [0.05, 0.1) is 18.9 Å². The van der Waals surface area contributed by atoms with Crippen LogP contribution in [0.25, 0.3) is 11.3 Å². The van der Waals surface area contributed by atoms with Gasteiger partial charge in [0.25, 0.3) is 0 Å². The van der Waals surface area contributed by atoms with Crippen molar-refractivity contribution in [2.24, 2.45) is 0 Å². The molecule has 0 radical (unpaired) electrons. The van der Waals surface area contributed by atoms with E-state index in [-0.39, 0.29) is 5.97 Å². The lowest BCUT2D eigenvalue weighted by atomic mass is 10.0. The molecule has 1 aromatic heterocycles. The lowest BCUT2D eigenvalue weighted by Gasteiger charge is -2.44. The Bertz CT molecular complexity index is 986. The summed E-state index contributed by atoms with van der Waals surface area (Å²) in [5, 5.41) is 0. The molecule has 4 rings (SSSR count). The molecule has 2 atom stereocenters. The number of hydrogen-bond acceptors (Lipinski definition) is 5. The average molecular weight is 419 g/mol. The van der Waals surface area contributed by atoms with E-state index in [0.29, 0.717) is 17.6 Å². The maximum absolute atomic E-state index is 11.6. The predicted molar refractivity (Wildman–Crippen MR) is 122 cm³/mol. The fourth-order valence-electron chi connectivity index (χ4n) is 4.56. The standard InChI is InChI=1S/C26H30N2O3/c1-19-15-27(17-21-10-12-22(13-11-21)26(29)30-3)16-20(2)28(19)18-23-7-4-5-8-24(23)25-9-6-14-31-25/h4-14,19-20H,15-18H2,1-3H3/t19-,20+. The fourth-order valence-corrected chi connectivity index (χ4v) is 4.56. The first kappa shape index (κ1) is 21.3. The molecule has 0 spiro atoms. The molecule has 0 amide bonds. The van der Waals surface area contributed by atoms with Crippen molar-refractivity contribution in [3.8, 4) is 11.3 Å². The van der Waals surface area contributed by atoms with Crippen LogP contribution in [0.4, 0.5) is 0 Å². The number of esters is 1. The maximum atomic E-state index is 11.6. The van der Waals surface area contributed by atoms with Crippen LogP contribution in [-0.4, -0.2) is 48.1 Å². The SMILES string of the molecule is COC(=O)c1ccc(CN2C[C@@H](C)N(Cc3ccccc3-c3ccco3)[C@@H](C)C2)cc1. The van der Waals surface area contributed by atoms with Gasteiger partial charge in [-0.15, -0.1) is 0 Å². The third-order valence-corrected chi connectivity index (χ3v) is 6.12. The Hall–Kier alpha value is -2.89. The molecule has 0 bridgehead atoms. The molecule has 5 heteroatoms. The maximum Gasteiger partial charge on any atom is 0.337 e. The minimum Gasteiger partial charge on any atom is -0.465 e. The summed E-state index contributed by atoms with van der Waals surface area (Å²) < 4.78 is 10.4. The molecule has 2 heterocycles. The Morgan fingerprint density at radius 3 is 2.32 bits per heavy atom. The van der Waals surface area contributed by atoms with Crippen LogP contribution in [0.2, 0.25) is 0 Å². The van der Waals surface area contributed by atoms with Gasteiger partial charge in [-0.25, -0.2) is 4.79 Å². The molecule has 0 aliphatic carbocycles. The Kier molecular flexibility index (Phi) is 6.54. The molecule has 1 saturated heterocycles. The molecule has 162 valence electrons. The quantitative estimate of drug-likeness (QED) is 0.537. The van der Waals surface area contributed by atoms with Crippen molar-refractivity contribution in [1.29, 1.82) is 0 Å². The van der Waals surface area contributed by atoms with Crippen LogP contribution >= 0.6 is 0 Å². The van der Waals surface area contributed by atoms with Gasteiger partial charge in [0.2, 0.25) is 0 Å². The molecule has 1 fully saturated rings. The summed E-state index contributed by atoms with van der Waals surface area (Å²) in [7, 11) is 1.41. The number of rotatable bonds is 6. The van der Waals surface area contributed by atoms with Crippen molar-refractivity contribution in [2.75, 3.05) is 20.2 Å². The number of ether oxygens (including phenoxy) is 1. The fraction of sp³-hybridized carbons (Fsp3) is 0.346. The van der Waals surface area contributed by atoms with E-state index >= 15 is 0 Å². The van der Waals surface area contributed by atoms with Gasteiger partial charge in [0.1, 0.15) is 5.76 Å². The number of benzene rings is 2. The van der Waals surface area contributed by atoms with E-state index in [0.717, 1.165) is 31.9 Å². The Morgan fingerprint density at radius 1 is 0.968 bits per heavy atom. The molecule has 0 saturated carbocycles. The second kappa shape index (κ2) is 9.50. The summed E-state index contributed by atoms with van der Waals surface area (Å²) >= 11 is 0. The van der Waals surface area contributed by atoms with E-state index in [1.807, 2.05) is 36.4 Å². The summed E-state index contributed by atoms with van der Waals surface area (Å²) in [4.78, 5) is 16.7. The Morgan fingerprint density at radius 2 is 1.68 bits per heavy atom. The van der Waals surface area contributed by atoms with Gasteiger partial charge in [0.15, 0.2) is 0 Å². The summed E-state index contributed by atoms with van der Waals surface area (Å²) in [6, 6.07) is 21.1. The van der Waals surface area contributed by atoms with Gasteiger partial charge in [-0.2, -0.15) is 0 Å². The van der Waals surface area contributed by atoms with E-state index in [2.05, 4.69) is 47.9 Å². The molecule has 1 aliphatic heterocycles. The van der Waals surface area contributed by atoms with Crippen LogP contribution in [0.3, 0.4) is 0 Å². The van der Waals surface area contributed by atoms with E-state index in [1.54, 1.807) is 6.26 Å². The highest BCUT2D eigenvalue weighted by Gasteiger charge is 2.30. The zero-order valence-electron chi connectivity index (χ0n) is 18.5. The minimum absolute atomic E-state index is 0.294. The largest absolute Gasteiger partial charge is 0.465 e. The lowest BCUT2D eigenvalue weighted by Crippen LogP contribution is -2.55. The van der Waals surface area contributed by atoms with Crippen LogP contribution < -0.4 is 0 Å². The van der Waals surface area contributed by atoms with Crippen molar-refractivity contribution < 1.29 is 13.9 Å². The smallest absolute Gasteiger partial charge is 0.337 e. The number of carbonyl (C=O) groups is 1. The number of carbonyl (C=O) groups excluding carboxylic acids is 1. The second-order valence-electron chi connectivity index (χ2n) is 8.39. The molecule has 0 unspecified atom stereocenters. The van der Waals surface area contributed by atoms with Gasteiger partial charge < -0.3 is 9.15 Å². The molecule has 3 aromatic rings. The number of piperazine rings is 1. The van der Waals surface area contributed by atoms with Crippen molar-refractivity contribution >= 4 is 5.97 Å². The third kappa shape index (κ3) is 4.89. The van der Waals surface area contributed by atoms with Crippen LogP contribution in [0.5, 0.6) is 0 Å². The third-order valence-electron chi connectivity index (χ3n) is 6.12. The first-order chi connectivity index (χ1) is 15.0. The highest BCUT2D eigenvalue weighted by Crippen LogP contribution is 2.28. The van der Waals surface area contributed by atoms with Gasteiger partial charge in [0, 0.05) is 43.8 Å². The second-order valence-corrected chi connectivity index (χ2v) is 8.39. The van der Waals surface area contributed by atoms with Crippen LogP contribution in [0, 0.1) is 0 Å². The van der Waals surface area contributed by atoms with Gasteiger partial charge in [-0.3, -0.25) is 9.80 Å². The monoisotopic (exact) mass is 418 g/mol. The highest BCUT2D eigenvalue weighted by atomic mass is 16.5. The molecule has 1 aliphatic rings. The van der Waals surface area contributed by atoms with Crippen molar-refractivity contribution in [3.05, 3.63) is 83.6 Å². The van der Waals surface area contributed by atoms with E-state index < -0.39 is 0 Å². The average Bonchev–Trinajstić information content (AvgIpc) is 3.31. The summed E-state index contributed by atoms with van der Waals surface area (Å²) in [5.74, 6) is 0.627. The first-order valence-electron chi connectivity index (χ1n) is 10.8. The summed E-state index contributed by atoms with van der Waals surface area (Å²) in [6.45, 7) is 8.41.